The van der Waals surface area contributed by atoms with E-state index in [1.807, 2.05) is 39.0 Å². The number of nitrogens with one attached hydrogen (secondary N) is 1. The molecule has 0 aliphatic rings. The first-order chi connectivity index (χ1) is 11.3. The summed E-state index contributed by atoms with van der Waals surface area (Å²) >= 11 is 0. The number of ether oxygens (including phenoxy) is 1. The van der Waals surface area contributed by atoms with Gasteiger partial charge in [-0.2, -0.15) is 0 Å². The Morgan fingerprint density at radius 3 is 2.04 bits per heavy atom. The maximum Gasteiger partial charge on any atom is 0.407 e. The van der Waals surface area contributed by atoms with Crippen molar-refractivity contribution in [2.75, 3.05) is 0 Å². The van der Waals surface area contributed by atoms with E-state index in [-0.39, 0.29) is 12.1 Å². The van der Waals surface area contributed by atoms with E-state index in [0.29, 0.717) is 0 Å². The van der Waals surface area contributed by atoms with Crippen molar-refractivity contribution in [2.24, 2.45) is 0 Å². The van der Waals surface area contributed by atoms with Crippen molar-refractivity contribution in [1.29, 1.82) is 0 Å². The zero-order valence-corrected chi connectivity index (χ0v) is 15.0. The lowest BCUT2D eigenvalue weighted by Crippen LogP contribution is -2.41. The third-order valence-electron chi connectivity index (χ3n) is 3.65. The second kappa shape index (κ2) is 8.00. The van der Waals surface area contributed by atoms with E-state index in [9.17, 15) is 4.79 Å². The number of alkyl carbamates (subject to hydrolysis) is 1. The quantitative estimate of drug-likeness (QED) is 0.867. The first-order valence-corrected chi connectivity index (χ1v) is 8.41. The van der Waals surface area contributed by atoms with Gasteiger partial charge < -0.3 is 10.1 Å². The highest BCUT2D eigenvalue weighted by molar-refractivity contribution is 5.68. The molecule has 0 aliphatic carbocycles. The van der Waals surface area contributed by atoms with Crippen LogP contribution in [0.3, 0.4) is 0 Å². The molecule has 0 saturated heterocycles. The van der Waals surface area contributed by atoms with E-state index in [4.69, 9.17) is 4.74 Å². The third-order valence-corrected chi connectivity index (χ3v) is 3.65. The molecule has 128 valence electrons. The molecule has 2 aromatic carbocycles. The summed E-state index contributed by atoms with van der Waals surface area (Å²) in [6, 6.07) is 18.6. The highest BCUT2D eigenvalue weighted by atomic mass is 16.6. The van der Waals surface area contributed by atoms with Gasteiger partial charge in [0, 0.05) is 6.04 Å². The molecule has 24 heavy (non-hydrogen) atoms. The van der Waals surface area contributed by atoms with Crippen LogP contribution >= 0.6 is 0 Å². The van der Waals surface area contributed by atoms with Crippen molar-refractivity contribution in [3.63, 3.8) is 0 Å². The highest BCUT2D eigenvalue weighted by Gasteiger charge is 2.20. The second-order valence-electron chi connectivity index (χ2n) is 7.22. The Bertz CT molecular complexity index is 642. The smallest absolute Gasteiger partial charge is 0.407 e. The number of hydrogen-bond donors (Lipinski definition) is 1. The first kappa shape index (κ1) is 18.1. The van der Waals surface area contributed by atoms with Crippen LogP contribution < -0.4 is 5.32 Å². The minimum absolute atomic E-state index is 0.00930. The van der Waals surface area contributed by atoms with Crippen molar-refractivity contribution in [1.82, 2.24) is 5.32 Å². The summed E-state index contributed by atoms with van der Waals surface area (Å²) in [5.41, 5.74) is 3.15. The number of benzene rings is 2. The van der Waals surface area contributed by atoms with Crippen molar-refractivity contribution in [3.8, 4) is 0 Å². The number of carbonyl (C=O) groups is 1. The summed E-state index contributed by atoms with van der Waals surface area (Å²) in [4.78, 5) is 12.2. The van der Waals surface area contributed by atoms with Crippen LogP contribution in [0.5, 0.6) is 0 Å². The number of amides is 1. The molecule has 1 atom stereocenters. The summed E-state index contributed by atoms with van der Waals surface area (Å²) in [5, 5.41) is 3.02. The monoisotopic (exact) mass is 325 g/mol. The fourth-order valence-electron chi connectivity index (χ4n) is 2.56. The molecule has 0 aliphatic heterocycles. The summed E-state index contributed by atoms with van der Waals surface area (Å²) in [6.07, 6.45) is 1.18. The highest BCUT2D eigenvalue weighted by Crippen LogP contribution is 2.12. The fourth-order valence-corrected chi connectivity index (χ4v) is 2.56. The van der Waals surface area contributed by atoms with Crippen molar-refractivity contribution in [2.45, 2.75) is 52.2 Å². The summed E-state index contributed by atoms with van der Waals surface area (Å²) in [7, 11) is 0. The Morgan fingerprint density at radius 2 is 1.50 bits per heavy atom. The SMILES string of the molecule is Cc1ccc(C[C@H](Cc2ccccc2)NC(=O)OC(C)(C)C)cc1. The molecule has 2 aromatic rings. The Labute approximate surface area is 145 Å². The van der Waals surface area contributed by atoms with Crippen LogP contribution in [0.2, 0.25) is 0 Å². The molecule has 1 amide bonds. The van der Waals surface area contributed by atoms with E-state index in [1.54, 1.807) is 0 Å². The average molecular weight is 325 g/mol. The minimum atomic E-state index is -0.495. The lowest BCUT2D eigenvalue weighted by atomic mass is 9.98. The van der Waals surface area contributed by atoms with Gasteiger partial charge in [-0.05, 0) is 51.7 Å². The van der Waals surface area contributed by atoms with Crippen LogP contribution in [0.1, 0.15) is 37.5 Å². The van der Waals surface area contributed by atoms with Crippen LogP contribution in [0, 0.1) is 6.92 Å². The predicted molar refractivity (Wildman–Crippen MR) is 98.2 cm³/mol. The molecule has 0 spiro atoms. The van der Waals surface area contributed by atoms with Crippen LogP contribution in [-0.4, -0.2) is 17.7 Å². The van der Waals surface area contributed by atoms with Gasteiger partial charge in [-0.1, -0.05) is 60.2 Å². The average Bonchev–Trinajstić information content (AvgIpc) is 2.48. The zero-order chi connectivity index (χ0) is 17.6. The zero-order valence-electron chi connectivity index (χ0n) is 15.0. The number of hydrogen-bond acceptors (Lipinski definition) is 2. The Balaban J connectivity index is 2.08. The maximum absolute atomic E-state index is 12.2. The molecule has 3 nitrogen and oxygen atoms in total. The second-order valence-corrected chi connectivity index (χ2v) is 7.22. The first-order valence-electron chi connectivity index (χ1n) is 8.41. The molecule has 0 unspecified atom stereocenters. The maximum atomic E-state index is 12.2. The Kier molecular flexibility index (Phi) is 6.02. The largest absolute Gasteiger partial charge is 0.444 e. The van der Waals surface area contributed by atoms with Crippen LogP contribution in [0.4, 0.5) is 4.79 Å². The fraction of sp³-hybridized carbons (Fsp3) is 0.381. The predicted octanol–water partition coefficient (Wildman–Crippen LogP) is 4.67. The summed E-state index contributed by atoms with van der Waals surface area (Å²) < 4.78 is 5.41. The van der Waals surface area contributed by atoms with Gasteiger partial charge in [0.25, 0.3) is 0 Å². The van der Waals surface area contributed by atoms with E-state index < -0.39 is 5.60 Å². The Morgan fingerprint density at radius 1 is 0.958 bits per heavy atom. The van der Waals surface area contributed by atoms with E-state index in [1.165, 1.54) is 16.7 Å². The molecular formula is C21H27NO2. The molecule has 0 bridgehead atoms. The van der Waals surface area contributed by atoms with Gasteiger partial charge in [-0.25, -0.2) is 4.79 Å². The minimum Gasteiger partial charge on any atom is -0.444 e. The number of carbonyl (C=O) groups excluding carboxylic acids is 1. The molecule has 1 N–H and O–H groups in total. The molecule has 0 heterocycles. The normalized spacial score (nSPS) is 12.5. The molecule has 3 heteroatoms. The van der Waals surface area contributed by atoms with Crippen LogP contribution in [0.25, 0.3) is 0 Å². The van der Waals surface area contributed by atoms with Crippen LogP contribution in [0.15, 0.2) is 54.6 Å². The van der Waals surface area contributed by atoms with Crippen molar-refractivity contribution < 1.29 is 9.53 Å². The van der Waals surface area contributed by atoms with Gasteiger partial charge >= 0.3 is 6.09 Å². The molecule has 0 saturated carbocycles. The van der Waals surface area contributed by atoms with Gasteiger partial charge in [0.1, 0.15) is 5.60 Å². The molecular weight excluding hydrogens is 298 g/mol. The van der Waals surface area contributed by atoms with Gasteiger partial charge in [-0.15, -0.1) is 0 Å². The third kappa shape index (κ3) is 6.45. The van der Waals surface area contributed by atoms with Gasteiger partial charge in [0.15, 0.2) is 0 Å². The number of aryl methyl sites for hydroxylation is 1. The molecule has 0 aromatic heterocycles. The molecule has 0 radical (unpaired) electrons. The van der Waals surface area contributed by atoms with E-state index in [2.05, 4.69) is 48.6 Å². The van der Waals surface area contributed by atoms with Crippen molar-refractivity contribution in [3.05, 3.63) is 71.3 Å². The van der Waals surface area contributed by atoms with Crippen molar-refractivity contribution >= 4 is 6.09 Å². The Hall–Kier alpha value is -2.29. The standard InChI is InChI=1S/C21H27NO2/c1-16-10-12-18(13-11-16)15-19(14-17-8-6-5-7-9-17)22-20(23)24-21(2,3)4/h5-13,19H,14-15H2,1-4H3,(H,22,23)/t19-/m0/s1. The molecule has 0 fully saturated rings. The lowest BCUT2D eigenvalue weighted by molar-refractivity contribution is 0.0504. The van der Waals surface area contributed by atoms with E-state index >= 15 is 0 Å². The van der Waals surface area contributed by atoms with Gasteiger partial charge in [-0.3, -0.25) is 0 Å². The molecule has 2 rings (SSSR count). The van der Waals surface area contributed by atoms with E-state index in [0.717, 1.165) is 12.8 Å². The van der Waals surface area contributed by atoms with Crippen LogP contribution in [-0.2, 0) is 17.6 Å². The van der Waals surface area contributed by atoms with Gasteiger partial charge in [0.05, 0.1) is 0 Å². The topological polar surface area (TPSA) is 38.3 Å². The van der Waals surface area contributed by atoms with Gasteiger partial charge in [0.2, 0.25) is 0 Å². The lowest BCUT2D eigenvalue weighted by Gasteiger charge is -2.24. The summed E-state index contributed by atoms with van der Waals surface area (Å²) in [5.74, 6) is 0. The number of rotatable bonds is 5. The summed E-state index contributed by atoms with van der Waals surface area (Å²) in [6.45, 7) is 7.69.